The van der Waals surface area contributed by atoms with E-state index in [-0.39, 0.29) is 307 Å². The predicted molar refractivity (Wildman–Crippen MR) is 386 cm³/mol. The number of carbonyl (C=O) groups excluding carboxylic acids is 4. The second kappa shape index (κ2) is 41.7. The van der Waals surface area contributed by atoms with Gasteiger partial charge in [0.15, 0.2) is 23.1 Å². The fourth-order valence-corrected chi connectivity index (χ4v) is 16.6. The molecule has 0 atom stereocenters. The molecule has 0 unspecified atom stereocenters. The Kier molecular flexibility index (Phi) is 36.1. The van der Waals surface area contributed by atoms with Gasteiger partial charge in [-0.05, 0) is 102 Å². The number of carbonyl (C=O) groups is 4. The van der Waals surface area contributed by atoms with Crippen molar-refractivity contribution in [3.8, 4) is 28.3 Å². The first kappa shape index (κ1) is 104. The molecule has 0 saturated heterocycles. The van der Waals surface area contributed by atoms with Crippen molar-refractivity contribution in [2.75, 3.05) is 21.3 Å². The van der Waals surface area contributed by atoms with Crippen LogP contribution < -0.4 is 250 Å². The second-order valence-electron chi connectivity index (χ2n) is 23.9. The molecule has 37 nitrogen and oxygen atoms in total. The number of pyridine rings is 2. The number of para-hydroxylation sites is 1. The molecule has 9 aromatic carbocycles. The molecule has 578 valence electrons. The maximum absolute atomic E-state index is 14.5. The van der Waals surface area contributed by atoms with Crippen molar-refractivity contribution < 1.29 is 325 Å². The number of nitrogens with zero attached hydrogens (tertiary/aromatic N) is 5. The molecular formula is C69H40N9Na7O28S7. The number of anilines is 8. The molecule has 51 heteroatoms. The minimum atomic E-state index is -5.73. The van der Waals surface area contributed by atoms with Gasteiger partial charge in [0, 0.05) is 63.1 Å². The van der Waals surface area contributed by atoms with Gasteiger partial charge in [0.05, 0.1) is 121 Å². The summed E-state index contributed by atoms with van der Waals surface area (Å²) in [6.45, 7) is 0. The summed E-state index contributed by atoms with van der Waals surface area (Å²) in [4.78, 5) is 91.7. The SMILES string of the molecule is Cn1c(=O)c(C(=O)c2cccc(S(=O)(=O)[O-])c2)c2c3c(c(Nc4cc(Nc5nc(O)nc(Nc6ccccc6S(=O)(=O)[O-])n5)c(S(=O)(=O)[O-])cc4S(=O)(=O)[O-])ccc31)C(=O)c1ccccc1-2.Cn1c(=O)c(C(=O)c2cccc(SOO[O-])c2)c2c3c(c(Nc4ccc(S(=O)(=O)[O-])cc4SOO[O-])ccc31)C(=O)c1ccccc1-2.[Na+].[Na+].[Na+].[Na+].[Na+].[Na+].[Na+]. The molecule has 0 fully saturated rings. The van der Waals surface area contributed by atoms with Crippen LogP contribution in [0.3, 0.4) is 0 Å². The monoisotopic (exact) mass is 1830 g/mol. The Bertz CT molecular complexity index is 6950. The third kappa shape index (κ3) is 21.5. The van der Waals surface area contributed by atoms with Crippen molar-refractivity contribution in [1.82, 2.24) is 24.1 Å². The minimum Gasteiger partial charge on any atom is -0.744 e. The van der Waals surface area contributed by atoms with E-state index in [1.54, 1.807) is 36.4 Å². The van der Waals surface area contributed by atoms with Crippen molar-refractivity contribution in [1.29, 1.82) is 0 Å². The van der Waals surface area contributed by atoms with Crippen LogP contribution in [0.25, 0.3) is 44.1 Å². The van der Waals surface area contributed by atoms with E-state index < -0.39 is 150 Å². The van der Waals surface area contributed by atoms with E-state index in [1.165, 1.54) is 97.5 Å². The molecular weight excluding hydrogens is 1790 g/mol. The van der Waals surface area contributed by atoms with Crippen LogP contribution in [0.2, 0.25) is 0 Å². The Morgan fingerprint density at radius 3 is 1.27 bits per heavy atom. The molecule has 5 N–H and O–H groups in total. The smallest absolute Gasteiger partial charge is 0.744 e. The maximum atomic E-state index is 14.5. The standard InChI is InChI=1S/C39H27N7O16S4.C30H20N2O12S3.7Na/c1-46-26-14-13-23(31-32(26)30(20-9-2-3-10-21(20)35(31)48)33(36(46)49)34(47)18-7-6-8-19(15-18)63(51,52)53)40-24-16-25(29(66(60,61)62)17-28(24)65(57,58)59)42-38-43-37(44-39(50)45-38)41-22-11-4-5-12-27(22)64(54,55)56;1-32-22-12-11-21(31-20-10-9-17(47(38,39)40)14-23(20)46-44-42-37)25-26(22)24(18-7-2-3-8-19(18)29(25)34)27(30(32)35)28(33)15-5-4-6-16(13-15)45-43-41-36;;;;;;;/h2-17,40H,1H3,(H,51,52,53)(H,54,55,56)(H,57,58,59)(H,60,61,62)(H3,41,42,43,44,45,50);2-14,31,36-37H,1H3,(H,38,39,40);;;;;;;/q;;7*+1/p-7. The number of fused-ring (bicyclic) bond motifs is 4. The molecule has 3 heterocycles. The summed E-state index contributed by atoms with van der Waals surface area (Å²) in [7, 11) is -23.8. The van der Waals surface area contributed by atoms with Gasteiger partial charge < -0.3 is 68.8 Å². The molecule has 2 aliphatic rings. The zero-order chi connectivity index (χ0) is 81.3. The number of aromatic hydroxyl groups is 1. The number of aryl methyl sites for hydroxylation is 2. The van der Waals surface area contributed by atoms with Crippen LogP contribution in [-0.4, -0.2) is 117 Å². The summed E-state index contributed by atoms with van der Waals surface area (Å²) >= 11 is 0.894. The number of rotatable bonds is 23. The van der Waals surface area contributed by atoms with Crippen LogP contribution in [0, 0.1) is 0 Å². The third-order valence-corrected chi connectivity index (χ3v) is 22.9. The number of aromatic nitrogens is 5. The largest absolute Gasteiger partial charge is 1.00 e. The molecule has 120 heavy (non-hydrogen) atoms. The van der Waals surface area contributed by atoms with Gasteiger partial charge in [0.25, 0.3) is 11.1 Å². The van der Waals surface area contributed by atoms with Gasteiger partial charge in [-0.2, -0.15) is 23.6 Å². The molecule has 0 amide bonds. The topological polar surface area (TPSA) is 588 Å². The van der Waals surface area contributed by atoms with Gasteiger partial charge in [-0.15, -0.1) is 0 Å². The Balaban J connectivity index is 0.000000369. The summed E-state index contributed by atoms with van der Waals surface area (Å²) in [5, 5.41) is 48.5. The van der Waals surface area contributed by atoms with Gasteiger partial charge in [-0.25, -0.2) is 42.1 Å². The van der Waals surface area contributed by atoms with Crippen LogP contribution in [0.4, 0.5) is 46.0 Å². The first-order chi connectivity index (χ1) is 53.4. The van der Waals surface area contributed by atoms with E-state index in [1.807, 2.05) is 0 Å². The number of nitrogens with one attached hydrogen (secondary N) is 4. The van der Waals surface area contributed by atoms with E-state index in [4.69, 9.17) is 0 Å². The van der Waals surface area contributed by atoms with Gasteiger partial charge in [0.1, 0.15) is 50.6 Å². The van der Waals surface area contributed by atoms with Gasteiger partial charge in [-0.1, -0.05) is 84.9 Å². The summed E-state index contributed by atoms with van der Waals surface area (Å²) in [6.07, 6.45) is 0. The molecule has 0 bridgehead atoms. The van der Waals surface area contributed by atoms with E-state index in [9.17, 15) is 109 Å². The summed E-state index contributed by atoms with van der Waals surface area (Å²) < 4.78 is 193. The zero-order valence-corrected chi connectivity index (χ0v) is 83.0. The van der Waals surface area contributed by atoms with E-state index >= 15 is 0 Å². The number of hydrogen-bond donors (Lipinski definition) is 5. The maximum Gasteiger partial charge on any atom is 1.00 e. The number of benzene rings is 9. The first-order valence-corrected chi connectivity index (χ1v) is 39.9. The third-order valence-electron chi connectivity index (χ3n) is 17.4. The quantitative estimate of drug-likeness (QED) is 0.00991. The average molecular weight is 1830 g/mol. The molecule has 0 aliphatic heterocycles. The summed E-state index contributed by atoms with van der Waals surface area (Å²) in [5.41, 5.74) is -3.91. The van der Waals surface area contributed by atoms with Crippen molar-refractivity contribution in [2.45, 2.75) is 34.3 Å². The Morgan fingerprint density at radius 2 is 0.800 bits per heavy atom. The van der Waals surface area contributed by atoms with Crippen LogP contribution in [0.15, 0.2) is 220 Å². The fourth-order valence-electron chi connectivity index (χ4n) is 12.6. The number of hydrogen-bond acceptors (Lipinski definition) is 37. The molecule has 0 saturated carbocycles. The molecule has 0 spiro atoms. The van der Waals surface area contributed by atoms with Crippen molar-refractivity contribution in [2.24, 2.45) is 14.1 Å². The zero-order valence-electron chi connectivity index (χ0n) is 63.3. The normalized spacial score (nSPS) is 11.8. The van der Waals surface area contributed by atoms with Crippen LogP contribution >= 0.6 is 24.1 Å². The Morgan fingerprint density at radius 1 is 0.392 bits per heavy atom. The molecule has 12 aromatic rings. The van der Waals surface area contributed by atoms with Crippen molar-refractivity contribution in [3.63, 3.8) is 0 Å². The fraction of sp³-hybridized carbons (Fsp3) is 0.0290. The van der Waals surface area contributed by atoms with Crippen LogP contribution in [-0.2, 0) is 83.4 Å². The van der Waals surface area contributed by atoms with Gasteiger partial charge in [-0.3, -0.25) is 38.8 Å². The molecule has 2 aliphatic carbocycles. The molecule has 0 radical (unpaired) electrons. The predicted octanol–water partition coefficient (Wildman–Crippen LogP) is -15.2. The Hall–Kier alpha value is -4.90. The van der Waals surface area contributed by atoms with E-state index in [2.05, 4.69) is 55.0 Å². The number of ketones is 4. The average Bonchev–Trinajstić information content (AvgIpc) is 0.709. The molecule has 3 aromatic heterocycles. The molecule has 14 rings (SSSR count). The van der Waals surface area contributed by atoms with E-state index in [0.29, 0.717) is 46.1 Å². The Labute approximate surface area is 841 Å². The van der Waals surface area contributed by atoms with Gasteiger partial charge in [0.2, 0.25) is 11.9 Å². The van der Waals surface area contributed by atoms with Crippen molar-refractivity contribution in [3.05, 3.63) is 241 Å². The second-order valence-corrected chi connectivity index (χ2v) is 32.3. The van der Waals surface area contributed by atoms with Crippen LogP contribution in [0.1, 0.15) is 63.7 Å². The first-order valence-electron chi connectivity index (χ1n) is 31.3. The van der Waals surface area contributed by atoms with Gasteiger partial charge >= 0.3 is 213 Å². The summed E-state index contributed by atoms with van der Waals surface area (Å²) in [5.74, 6) is -4.38. The van der Waals surface area contributed by atoms with Crippen molar-refractivity contribution >= 4 is 166 Å². The van der Waals surface area contributed by atoms with Crippen LogP contribution in [0.5, 0.6) is 6.01 Å². The van der Waals surface area contributed by atoms with E-state index in [0.717, 1.165) is 53.1 Å². The summed E-state index contributed by atoms with van der Waals surface area (Å²) in [6, 6.07) is 35.3. The minimum absolute atomic E-state index is 0.